The average molecular weight is 324 g/mol. The number of hydrogen-bond donors (Lipinski definition) is 2. The molecule has 23 heavy (non-hydrogen) atoms. The van der Waals surface area contributed by atoms with Crippen molar-refractivity contribution in [2.24, 2.45) is 0 Å². The van der Waals surface area contributed by atoms with Gasteiger partial charge in [0.2, 0.25) is 5.91 Å². The van der Waals surface area contributed by atoms with Gasteiger partial charge in [0, 0.05) is 19.7 Å². The van der Waals surface area contributed by atoms with Gasteiger partial charge in [-0.15, -0.1) is 0 Å². The number of hydrogen-bond acceptors (Lipinski definition) is 4. The van der Waals surface area contributed by atoms with Crippen LogP contribution in [0, 0.1) is 0 Å². The summed E-state index contributed by atoms with van der Waals surface area (Å²) in [5, 5.41) is 2.63. The first-order valence-electron chi connectivity index (χ1n) is 7.36. The molecule has 7 heteroatoms. The third-order valence-corrected chi connectivity index (χ3v) is 3.35. The number of rotatable bonds is 8. The van der Waals surface area contributed by atoms with E-state index in [0.717, 1.165) is 10.5 Å². The normalized spacial score (nSPS) is 11.5. The number of carbonyl (C=O) groups excluding carboxylic acids is 2. The van der Waals surface area contributed by atoms with Crippen LogP contribution in [0.25, 0.3) is 0 Å². The van der Waals surface area contributed by atoms with E-state index in [1.807, 2.05) is 25.2 Å². The van der Waals surface area contributed by atoms with Crippen molar-refractivity contribution < 1.29 is 24.0 Å². The van der Waals surface area contributed by atoms with E-state index in [-0.39, 0.29) is 24.9 Å². The van der Waals surface area contributed by atoms with Crippen molar-refractivity contribution in [2.45, 2.75) is 6.54 Å². The van der Waals surface area contributed by atoms with Crippen LogP contribution >= 0.6 is 0 Å². The third-order valence-electron chi connectivity index (χ3n) is 3.35. The van der Waals surface area contributed by atoms with E-state index in [1.165, 1.54) is 4.90 Å². The fourth-order valence-electron chi connectivity index (χ4n) is 2.07. The van der Waals surface area contributed by atoms with Crippen LogP contribution in [0.2, 0.25) is 0 Å². The van der Waals surface area contributed by atoms with Crippen LogP contribution in [0.1, 0.15) is 5.56 Å². The molecule has 0 aliphatic heterocycles. The molecule has 0 fully saturated rings. The summed E-state index contributed by atoms with van der Waals surface area (Å²) in [6, 6.07) is 5.69. The highest BCUT2D eigenvalue weighted by Gasteiger charge is 2.13. The summed E-state index contributed by atoms with van der Waals surface area (Å²) in [6.07, 6.45) is 0. The molecule has 128 valence electrons. The Balaban J connectivity index is 2.51. The van der Waals surface area contributed by atoms with Gasteiger partial charge in [-0.1, -0.05) is 0 Å². The molecule has 1 unspecified atom stereocenters. The molecular weight excluding hydrogens is 298 g/mol. The molecular formula is C16H26N3O4+. The number of quaternary nitrogens is 1. The van der Waals surface area contributed by atoms with Crippen molar-refractivity contribution in [1.29, 1.82) is 0 Å². The van der Waals surface area contributed by atoms with Crippen molar-refractivity contribution in [3.8, 4) is 11.5 Å². The van der Waals surface area contributed by atoms with E-state index < -0.39 is 0 Å². The predicted octanol–water partition coefficient (Wildman–Crippen LogP) is -1.08. The zero-order valence-electron chi connectivity index (χ0n) is 14.4. The van der Waals surface area contributed by atoms with Crippen LogP contribution in [0.4, 0.5) is 0 Å². The Morgan fingerprint density at radius 3 is 2.39 bits per heavy atom. The summed E-state index contributed by atoms with van der Waals surface area (Å²) >= 11 is 0. The van der Waals surface area contributed by atoms with E-state index in [4.69, 9.17) is 9.47 Å². The van der Waals surface area contributed by atoms with Crippen molar-refractivity contribution in [3.63, 3.8) is 0 Å². The van der Waals surface area contributed by atoms with E-state index in [9.17, 15) is 9.59 Å². The fourth-order valence-corrected chi connectivity index (χ4v) is 2.07. The van der Waals surface area contributed by atoms with E-state index in [2.05, 4.69) is 5.32 Å². The zero-order valence-corrected chi connectivity index (χ0v) is 14.4. The zero-order chi connectivity index (χ0) is 17.4. The summed E-state index contributed by atoms with van der Waals surface area (Å²) in [7, 11) is 8.41. The maximum atomic E-state index is 11.8. The second-order valence-electron chi connectivity index (χ2n) is 5.56. The quantitative estimate of drug-likeness (QED) is 0.638. The second kappa shape index (κ2) is 8.99. The molecule has 0 saturated heterocycles. The molecule has 0 spiro atoms. The van der Waals surface area contributed by atoms with Gasteiger partial charge in [0.25, 0.3) is 5.91 Å². The molecule has 1 rings (SSSR count). The predicted molar refractivity (Wildman–Crippen MR) is 86.7 cm³/mol. The van der Waals surface area contributed by atoms with Gasteiger partial charge in [-0.25, -0.2) is 0 Å². The molecule has 2 N–H and O–H groups in total. The van der Waals surface area contributed by atoms with Crippen LogP contribution in [-0.4, -0.2) is 65.2 Å². The lowest BCUT2D eigenvalue weighted by Gasteiger charge is -2.16. The molecule has 2 amide bonds. The minimum absolute atomic E-state index is 0.0233. The maximum Gasteiger partial charge on any atom is 0.275 e. The van der Waals surface area contributed by atoms with Crippen molar-refractivity contribution in [2.75, 3.05) is 48.5 Å². The molecule has 1 atom stereocenters. The van der Waals surface area contributed by atoms with E-state index >= 15 is 0 Å². The summed E-state index contributed by atoms with van der Waals surface area (Å²) in [4.78, 5) is 25.7. The monoisotopic (exact) mass is 324 g/mol. The lowest BCUT2D eigenvalue weighted by molar-refractivity contribution is -0.885. The van der Waals surface area contributed by atoms with Gasteiger partial charge >= 0.3 is 0 Å². The Kier molecular flexibility index (Phi) is 7.34. The van der Waals surface area contributed by atoms with Gasteiger partial charge in [-0.05, 0) is 18.2 Å². The van der Waals surface area contributed by atoms with Crippen LogP contribution < -0.4 is 19.7 Å². The van der Waals surface area contributed by atoms with E-state index in [1.54, 1.807) is 28.3 Å². The molecule has 0 saturated carbocycles. The number of carbonyl (C=O) groups is 2. The number of amides is 2. The minimum Gasteiger partial charge on any atom is -0.493 e. The van der Waals surface area contributed by atoms with Gasteiger partial charge in [0.15, 0.2) is 18.0 Å². The number of likely N-dealkylation sites (N-methyl/N-ethyl adjacent to an activating group) is 2. The molecule has 0 aliphatic carbocycles. The van der Waals surface area contributed by atoms with Crippen molar-refractivity contribution in [1.82, 2.24) is 10.2 Å². The molecule has 0 bridgehead atoms. The molecule has 0 aromatic heterocycles. The Hall–Kier alpha value is -2.28. The Morgan fingerprint density at radius 2 is 1.83 bits per heavy atom. The smallest absolute Gasteiger partial charge is 0.275 e. The molecule has 0 radical (unpaired) electrons. The molecule has 7 nitrogen and oxygen atoms in total. The lowest BCUT2D eigenvalue weighted by Crippen LogP contribution is -3.08. The highest BCUT2D eigenvalue weighted by molar-refractivity contribution is 5.84. The van der Waals surface area contributed by atoms with Crippen LogP contribution in [0.3, 0.4) is 0 Å². The number of benzene rings is 1. The Morgan fingerprint density at radius 1 is 1.17 bits per heavy atom. The molecule has 0 heterocycles. The average Bonchev–Trinajstić information content (AvgIpc) is 2.51. The second-order valence-corrected chi connectivity index (χ2v) is 5.56. The SMILES string of the molecule is COc1ccc(C[NH+](C)CC(=O)NCC(=O)N(C)C)cc1OC. The molecule has 1 aromatic carbocycles. The number of nitrogens with zero attached hydrogens (tertiary/aromatic N) is 1. The lowest BCUT2D eigenvalue weighted by atomic mass is 10.2. The van der Waals surface area contributed by atoms with Gasteiger partial charge < -0.3 is 24.6 Å². The first kappa shape index (κ1) is 18.8. The van der Waals surface area contributed by atoms with Crippen LogP contribution in [0.15, 0.2) is 18.2 Å². The van der Waals surface area contributed by atoms with Gasteiger partial charge in [0.05, 0.1) is 27.8 Å². The van der Waals surface area contributed by atoms with Crippen molar-refractivity contribution >= 4 is 11.8 Å². The number of methoxy groups -OCH3 is 2. The third kappa shape index (κ3) is 6.15. The maximum absolute atomic E-state index is 11.8. The number of nitrogens with one attached hydrogen (secondary N) is 2. The fraction of sp³-hybridized carbons (Fsp3) is 0.500. The number of ether oxygens (including phenoxy) is 2. The molecule has 1 aromatic rings. The van der Waals surface area contributed by atoms with Gasteiger partial charge in [-0.2, -0.15) is 0 Å². The topological polar surface area (TPSA) is 72.3 Å². The molecule has 0 aliphatic rings. The standard InChI is InChI=1S/C16H25N3O4/c1-18(2)16(21)9-17-15(20)11-19(3)10-12-6-7-13(22-4)14(8-12)23-5/h6-8H,9-11H2,1-5H3,(H,17,20)/p+1. The Labute approximate surface area is 137 Å². The van der Waals surface area contributed by atoms with Crippen LogP contribution in [0.5, 0.6) is 11.5 Å². The first-order chi connectivity index (χ1) is 10.9. The minimum atomic E-state index is -0.154. The van der Waals surface area contributed by atoms with Crippen LogP contribution in [-0.2, 0) is 16.1 Å². The Bertz CT molecular complexity index is 546. The first-order valence-corrected chi connectivity index (χ1v) is 7.36. The summed E-state index contributed by atoms with van der Waals surface area (Å²) in [5.74, 6) is 1.06. The highest BCUT2D eigenvalue weighted by Crippen LogP contribution is 2.27. The highest BCUT2D eigenvalue weighted by atomic mass is 16.5. The summed E-state index contributed by atoms with van der Waals surface area (Å²) < 4.78 is 10.5. The largest absolute Gasteiger partial charge is 0.493 e. The van der Waals surface area contributed by atoms with E-state index in [0.29, 0.717) is 18.0 Å². The van der Waals surface area contributed by atoms with Gasteiger partial charge in [-0.3, -0.25) is 9.59 Å². The summed E-state index contributed by atoms with van der Waals surface area (Å²) in [6.45, 7) is 0.972. The van der Waals surface area contributed by atoms with Crippen molar-refractivity contribution in [3.05, 3.63) is 23.8 Å². The van der Waals surface area contributed by atoms with Gasteiger partial charge in [0.1, 0.15) is 6.54 Å². The summed E-state index contributed by atoms with van der Waals surface area (Å²) in [5.41, 5.74) is 1.04.